The van der Waals surface area contributed by atoms with Gasteiger partial charge in [0, 0.05) is 0 Å². The Morgan fingerprint density at radius 1 is 0.553 bits per heavy atom. The summed E-state index contributed by atoms with van der Waals surface area (Å²) < 4.78 is 24.2. The van der Waals surface area contributed by atoms with E-state index in [-0.39, 0.29) is 17.7 Å². The first-order chi connectivity index (χ1) is 23.0. The minimum atomic E-state index is -1.75. The first-order valence-corrected chi connectivity index (χ1v) is 15.3. The summed E-state index contributed by atoms with van der Waals surface area (Å²) in [6, 6.07) is 45.4. The highest BCUT2D eigenvalue weighted by atomic mass is 16.7. The lowest BCUT2D eigenvalue weighted by Crippen LogP contribution is -2.61. The van der Waals surface area contributed by atoms with Gasteiger partial charge in [0.1, 0.15) is 17.8 Å². The van der Waals surface area contributed by atoms with E-state index in [0.29, 0.717) is 0 Å². The van der Waals surface area contributed by atoms with E-state index < -0.39 is 48.2 Å². The zero-order chi connectivity index (χ0) is 32.6. The van der Waals surface area contributed by atoms with Gasteiger partial charge in [-0.05, 0) is 41.0 Å². The number of aliphatic hydroxyl groups is 2. The smallest absolute Gasteiger partial charge is 0.338 e. The molecular weight excluding hydrogens is 596 g/mol. The van der Waals surface area contributed by atoms with Gasteiger partial charge in [-0.25, -0.2) is 9.59 Å². The van der Waals surface area contributed by atoms with E-state index in [4.69, 9.17) is 18.9 Å². The number of hydrogen-bond acceptors (Lipinski definition) is 8. The van der Waals surface area contributed by atoms with E-state index in [1.807, 2.05) is 91.0 Å². The molecule has 1 aliphatic rings. The SMILES string of the molecule is O=C(O[C@H]1[C@@H](O)[C@H](OC(=O)c2ccccc2)[C@@H](COC(c2ccccc2)(c2ccccc2)c2ccccc2)O[C@@H]1O)c1ccccc1. The molecule has 0 amide bonds. The summed E-state index contributed by atoms with van der Waals surface area (Å²) in [6.07, 6.45) is -7.53. The van der Waals surface area contributed by atoms with Crippen molar-refractivity contribution in [3.8, 4) is 0 Å². The standard InChI is InChI=1S/C39H34O8/c40-33-34(46-36(41)27-16-6-1-7-17-27)32(45-38(43)35(33)47-37(42)28-18-8-2-9-19-28)26-44-39(29-20-10-3-11-21-29,30-22-12-4-13-23-30)31-24-14-5-15-25-31/h1-25,32-35,38,40,43H,26H2/t32-,33+,34-,35+,38+/m1/s1. The van der Waals surface area contributed by atoms with Crippen LogP contribution in [0.5, 0.6) is 0 Å². The molecule has 0 unspecified atom stereocenters. The number of rotatable bonds is 10. The second-order valence-electron chi connectivity index (χ2n) is 11.1. The molecule has 0 saturated carbocycles. The van der Waals surface area contributed by atoms with E-state index in [9.17, 15) is 19.8 Å². The Balaban J connectivity index is 1.35. The summed E-state index contributed by atoms with van der Waals surface area (Å²) in [4.78, 5) is 26.2. The van der Waals surface area contributed by atoms with Crippen LogP contribution in [-0.4, -0.2) is 59.5 Å². The van der Waals surface area contributed by atoms with Gasteiger partial charge < -0.3 is 29.2 Å². The molecule has 1 heterocycles. The van der Waals surface area contributed by atoms with Crippen molar-refractivity contribution in [2.24, 2.45) is 0 Å². The Kier molecular flexibility index (Phi) is 9.85. The van der Waals surface area contributed by atoms with Gasteiger partial charge in [0.05, 0.1) is 17.7 Å². The monoisotopic (exact) mass is 630 g/mol. The highest BCUT2D eigenvalue weighted by Crippen LogP contribution is 2.41. The van der Waals surface area contributed by atoms with Crippen LogP contribution in [0.15, 0.2) is 152 Å². The Morgan fingerprint density at radius 2 is 0.915 bits per heavy atom. The van der Waals surface area contributed by atoms with Crippen molar-refractivity contribution in [1.29, 1.82) is 0 Å². The maximum absolute atomic E-state index is 13.3. The fourth-order valence-corrected chi connectivity index (χ4v) is 5.82. The lowest BCUT2D eigenvalue weighted by molar-refractivity contribution is -0.290. The normalized spacial score (nSPS) is 21.0. The highest BCUT2D eigenvalue weighted by Gasteiger charge is 2.50. The summed E-state index contributed by atoms with van der Waals surface area (Å²) in [5, 5.41) is 22.7. The Hall–Kier alpha value is -5.12. The molecule has 5 aromatic rings. The number of carbonyl (C=O) groups excluding carboxylic acids is 2. The highest BCUT2D eigenvalue weighted by molar-refractivity contribution is 5.90. The Morgan fingerprint density at radius 3 is 1.32 bits per heavy atom. The summed E-state index contributed by atoms with van der Waals surface area (Å²) in [6.45, 7) is -0.237. The molecule has 0 aliphatic carbocycles. The quantitative estimate of drug-likeness (QED) is 0.153. The van der Waals surface area contributed by atoms with Crippen LogP contribution in [0.4, 0.5) is 0 Å². The molecule has 0 radical (unpaired) electrons. The average Bonchev–Trinajstić information content (AvgIpc) is 3.13. The fourth-order valence-electron chi connectivity index (χ4n) is 5.82. The van der Waals surface area contributed by atoms with Crippen molar-refractivity contribution in [3.05, 3.63) is 179 Å². The van der Waals surface area contributed by atoms with Gasteiger partial charge in [-0.1, -0.05) is 127 Å². The van der Waals surface area contributed by atoms with Gasteiger partial charge in [0.25, 0.3) is 0 Å². The third-order valence-corrected chi connectivity index (χ3v) is 8.15. The van der Waals surface area contributed by atoms with E-state index in [2.05, 4.69) is 0 Å². The van der Waals surface area contributed by atoms with E-state index >= 15 is 0 Å². The third kappa shape index (κ3) is 6.86. The summed E-state index contributed by atoms with van der Waals surface area (Å²) in [5.74, 6) is -1.51. The third-order valence-electron chi connectivity index (χ3n) is 8.15. The predicted molar refractivity (Wildman–Crippen MR) is 173 cm³/mol. The van der Waals surface area contributed by atoms with Crippen LogP contribution in [0.25, 0.3) is 0 Å². The van der Waals surface area contributed by atoms with Gasteiger partial charge in [0.15, 0.2) is 18.5 Å². The fraction of sp³-hybridized carbons (Fsp3) is 0.179. The van der Waals surface area contributed by atoms with Gasteiger partial charge in [0.2, 0.25) is 0 Å². The van der Waals surface area contributed by atoms with Crippen LogP contribution in [0.3, 0.4) is 0 Å². The van der Waals surface area contributed by atoms with E-state index in [1.54, 1.807) is 60.7 Å². The van der Waals surface area contributed by atoms with Crippen molar-refractivity contribution < 1.29 is 38.7 Å². The molecule has 0 spiro atoms. The number of ether oxygens (including phenoxy) is 4. The molecule has 238 valence electrons. The molecule has 5 atom stereocenters. The second kappa shape index (κ2) is 14.5. The van der Waals surface area contributed by atoms with Crippen molar-refractivity contribution in [1.82, 2.24) is 0 Å². The molecule has 5 aromatic carbocycles. The molecule has 1 aliphatic heterocycles. The molecule has 0 aromatic heterocycles. The van der Waals surface area contributed by atoms with Crippen molar-refractivity contribution in [2.45, 2.75) is 36.3 Å². The van der Waals surface area contributed by atoms with E-state index in [0.717, 1.165) is 16.7 Å². The summed E-state index contributed by atoms with van der Waals surface area (Å²) in [5.41, 5.74) is 1.77. The summed E-state index contributed by atoms with van der Waals surface area (Å²) in [7, 11) is 0. The lowest BCUT2D eigenvalue weighted by atomic mass is 9.80. The first-order valence-electron chi connectivity index (χ1n) is 15.3. The lowest BCUT2D eigenvalue weighted by Gasteiger charge is -2.43. The largest absolute Gasteiger partial charge is 0.453 e. The van der Waals surface area contributed by atoms with Gasteiger partial charge in [-0.15, -0.1) is 0 Å². The number of aliphatic hydroxyl groups excluding tert-OH is 2. The molecule has 0 bridgehead atoms. The minimum Gasteiger partial charge on any atom is -0.453 e. The average molecular weight is 631 g/mol. The van der Waals surface area contributed by atoms with Gasteiger partial charge in [-0.3, -0.25) is 0 Å². The zero-order valence-electron chi connectivity index (χ0n) is 25.4. The molecule has 8 nitrogen and oxygen atoms in total. The predicted octanol–water partition coefficient (Wildman–Crippen LogP) is 5.52. The number of carbonyl (C=O) groups is 2. The maximum Gasteiger partial charge on any atom is 0.338 e. The summed E-state index contributed by atoms with van der Waals surface area (Å²) >= 11 is 0. The Labute approximate surface area is 272 Å². The minimum absolute atomic E-state index is 0.216. The molecule has 6 rings (SSSR count). The van der Waals surface area contributed by atoms with Crippen molar-refractivity contribution >= 4 is 11.9 Å². The van der Waals surface area contributed by atoms with E-state index in [1.165, 1.54) is 0 Å². The number of esters is 2. The molecule has 1 saturated heterocycles. The first kappa shape index (κ1) is 31.8. The van der Waals surface area contributed by atoms with Crippen LogP contribution in [-0.2, 0) is 24.5 Å². The van der Waals surface area contributed by atoms with Crippen LogP contribution in [0.1, 0.15) is 37.4 Å². The van der Waals surface area contributed by atoms with Crippen molar-refractivity contribution in [2.75, 3.05) is 6.61 Å². The van der Waals surface area contributed by atoms with Gasteiger partial charge >= 0.3 is 11.9 Å². The van der Waals surface area contributed by atoms with Crippen LogP contribution < -0.4 is 0 Å². The van der Waals surface area contributed by atoms with Crippen molar-refractivity contribution in [3.63, 3.8) is 0 Å². The topological polar surface area (TPSA) is 112 Å². The zero-order valence-corrected chi connectivity index (χ0v) is 25.4. The molecular formula is C39H34O8. The van der Waals surface area contributed by atoms with Crippen LogP contribution in [0, 0.1) is 0 Å². The molecule has 1 fully saturated rings. The number of benzene rings is 5. The number of hydrogen-bond donors (Lipinski definition) is 2. The second-order valence-corrected chi connectivity index (χ2v) is 11.1. The van der Waals surface area contributed by atoms with Gasteiger partial charge in [-0.2, -0.15) is 0 Å². The van der Waals surface area contributed by atoms with Crippen LogP contribution in [0.2, 0.25) is 0 Å². The molecule has 47 heavy (non-hydrogen) atoms. The molecule has 2 N–H and O–H groups in total. The Bertz CT molecular complexity index is 1640. The maximum atomic E-state index is 13.3. The van der Waals surface area contributed by atoms with Crippen LogP contribution >= 0.6 is 0 Å². The molecule has 8 heteroatoms.